The van der Waals surface area contributed by atoms with Crippen molar-refractivity contribution in [2.24, 2.45) is 0 Å². The Hall–Kier alpha value is -3.47. The number of rotatable bonds is 11. The molecule has 0 aliphatic rings. The van der Waals surface area contributed by atoms with Crippen LogP contribution in [0.5, 0.6) is 0 Å². The van der Waals surface area contributed by atoms with E-state index >= 15 is 0 Å². The Kier molecular flexibility index (Phi) is 9.48. The lowest BCUT2D eigenvalue weighted by Crippen LogP contribution is -2.41. The highest BCUT2D eigenvalue weighted by molar-refractivity contribution is 7.91. The zero-order chi connectivity index (χ0) is 27.9. The Bertz CT molecular complexity index is 1480. The van der Waals surface area contributed by atoms with Gasteiger partial charge in [0.1, 0.15) is 15.6 Å². The molecule has 0 aliphatic carbocycles. The van der Waals surface area contributed by atoms with Gasteiger partial charge in [0.15, 0.2) is 0 Å². The SMILES string of the molecule is O=C(CCCNc1ncc(C(F)(F)F)cc1Cl)NNS(=O)(=O)c1ccc(CNC(=O)c2ccc[nH]c2=O)s1. The standard InChI is InChI=1S/C21H20ClF3N6O5S2/c22-15-9-12(21(23,24)25)10-28-18(15)26-7-2-4-16(32)30-31-38(35,36)17-6-5-13(37-17)11-29-20(34)14-3-1-8-27-19(14)33/h1,3,5-6,8-10,31H,2,4,7,11H2,(H,26,28)(H,27,33)(H,29,34)(H,30,32). The van der Waals surface area contributed by atoms with E-state index in [0.717, 1.165) is 17.4 Å². The summed E-state index contributed by atoms with van der Waals surface area (Å²) < 4.78 is 62.7. The van der Waals surface area contributed by atoms with Gasteiger partial charge in [0, 0.05) is 30.2 Å². The van der Waals surface area contributed by atoms with E-state index in [2.05, 4.69) is 26.0 Å². The van der Waals surface area contributed by atoms with Gasteiger partial charge in [0.25, 0.3) is 21.5 Å². The van der Waals surface area contributed by atoms with E-state index in [9.17, 15) is 36.0 Å². The van der Waals surface area contributed by atoms with Gasteiger partial charge in [0.2, 0.25) is 5.91 Å². The Labute approximate surface area is 222 Å². The summed E-state index contributed by atoms with van der Waals surface area (Å²) >= 11 is 6.65. The summed E-state index contributed by atoms with van der Waals surface area (Å²) in [6.07, 6.45) is -2.49. The highest BCUT2D eigenvalue weighted by Crippen LogP contribution is 2.32. The first-order chi connectivity index (χ1) is 17.9. The summed E-state index contributed by atoms with van der Waals surface area (Å²) in [5, 5.41) is 4.99. The summed E-state index contributed by atoms with van der Waals surface area (Å²) in [5.41, 5.74) is 0.428. The number of amides is 2. The van der Waals surface area contributed by atoms with E-state index in [1.54, 1.807) is 0 Å². The van der Waals surface area contributed by atoms with Crippen molar-refractivity contribution in [1.82, 2.24) is 25.5 Å². The summed E-state index contributed by atoms with van der Waals surface area (Å²) in [7, 11) is -4.09. The summed E-state index contributed by atoms with van der Waals surface area (Å²) in [6.45, 7) is 0.109. The van der Waals surface area contributed by atoms with Gasteiger partial charge in [-0.2, -0.15) is 13.2 Å². The third-order valence-electron chi connectivity index (χ3n) is 4.75. The molecule has 0 spiro atoms. The third kappa shape index (κ3) is 8.01. The molecule has 0 unspecified atom stereocenters. The molecule has 0 radical (unpaired) electrons. The largest absolute Gasteiger partial charge is 0.417 e. The number of hydrazine groups is 1. The van der Waals surface area contributed by atoms with Gasteiger partial charge in [-0.05, 0) is 36.8 Å². The summed E-state index contributed by atoms with van der Waals surface area (Å²) in [4.78, 5) is 44.2. The van der Waals surface area contributed by atoms with Crippen LogP contribution in [0.25, 0.3) is 0 Å². The van der Waals surface area contributed by atoms with E-state index < -0.39 is 39.1 Å². The molecule has 5 N–H and O–H groups in total. The molecule has 3 aromatic heterocycles. The highest BCUT2D eigenvalue weighted by Gasteiger charge is 2.31. The van der Waals surface area contributed by atoms with Crippen LogP contribution in [0.15, 0.2) is 51.7 Å². The first-order valence-corrected chi connectivity index (χ1v) is 13.4. The van der Waals surface area contributed by atoms with E-state index in [1.165, 1.54) is 30.5 Å². The quantitative estimate of drug-likeness (QED) is 0.169. The van der Waals surface area contributed by atoms with E-state index in [1.807, 2.05) is 4.83 Å². The predicted molar refractivity (Wildman–Crippen MR) is 133 cm³/mol. The number of alkyl halides is 3. The molecule has 3 heterocycles. The third-order valence-corrected chi connectivity index (χ3v) is 7.87. The molecule has 0 aliphatic heterocycles. The first-order valence-electron chi connectivity index (χ1n) is 10.7. The van der Waals surface area contributed by atoms with Gasteiger partial charge < -0.3 is 15.6 Å². The van der Waals surface area contributed by atoms with Crippen molar-refractivity contribution >= 4 is 50.6 Å². The zero-order valence-electron chi connectivity index (χ0n) is 19.2. The van der Waals surface area contributed by atoms with Crippen molar-refractivity contribution in [3.63, 3.8) is 0 Å². The summed E-state index contributed by atoms with van der Waals surface area (Å²) in [6, 6.07) is 6.34. The zero-order valence-corrected chi connectivity index (χ0v) is 21.6. The summed E-state index contributed by atoms with van der Waals surface area (Å²) in [5.74, 6) is -1.26. The van der Waals surface area contributed by atoms with Gasteiger partial charge in [-0.1, -0.05) is 11.6 Å². The fraction of sp³-hybridized carbons (Fsp3) is 0.238. The lowest BCUT2D eigenvalue weighted by molar-refractivity contribution is -0.137. The molecule has 38 heavy (non-hydrogen) atoms. The monoisotopic (exact) mass is 592 g/mol. The molecule has 204 valence electrons. The molecule has 3 rings (SSSR count). The number of aromatic amines is 1. The molecular weight excluding hydrogens is 573 g/mol. The van der Waals surface area contributed by atoms with Crippen molar-refractivity contribution in [2.45, 2.75) is 29.8 Å². The lowest BCUT2D eigenvalue weighted by atomic mass is 10.2. The number of hydrogen-bond donors (Lipinski definition) is 5. The topological polar surface area (TPSA) is 162 Å². The van der Waals surface area contributed by atoms with Crippen LogP contribution in [0.1, 0.15) is 33.6 Å². The maximum Gasteiger partial charge on any atom is 0.417 e. The molecule has 0 aromatic carbocycles. The van der Waals surface area contributed by atoms with Gasteiger partial charge in [-0.25, -0.2) is 13.4 Å². The predicted octanol–water partition coefficient (Wildman–Crippen LogP) is 2.64. The van der Waals surface area contributed by atoms with Crippen LogP contribution in [-0.2, 0) is 27.5 Å². The van der Waals surface area contributed by atoms with Crippen LogP contribution >= 0.6 is 22.9 Å². The fourth-order valence-corrected chi connectivity index (χ4v) is 5.27. The number of halogens is 4. The number of H-pyrrole nitrogens is 1. The van der Waals surface area contributed by atoms with Crippen LogP contribution in [0.3, 0.4) is 0 Å². The molecule has 0 bridgehead atoms. The minimum atomic E-state index is -4.58. The second kappa shape index (κ2) is 12.4. The Morgan fingerprint density at radius 2 is 1.95 bits per heavy atom. The van der Waals surface area contributed by atoms with Gasteiger partial charge >= 0.3 is 6.18 Å². The van der Waals surface area contributed by atoms with E-state index in [0.29, 0.717) is 11.1 Å². The highest BCUT2D eigenvalue weighted by atomic mass is 35.5. The Morgan fingerprint density at radius 3 is 2.63 bits per heavy atom. The van der Waals surface area contributed by atoms with Crippen LogP contribution in [0.4, 0.5) is 19.0 Å². The maximum absolute atomic E-state index is 12.7. The van der Waals surface area contributed by atoms with Crippen molar-refractivity contribution < 1.29 is 31.2 Å². The van der Waals surface area contributed by atoms with Crippen LogP contribution < -0.4 is 26.4 Å². The minimum Gasteiger partial charge on any atom is -0.369 e. The molecule has 11 nitrogen and oxygen atoms in total. The van der Waals surface area contributed by atoms with Gasteiger partial charge in [-0.3, -0.25) is 19.8 Å². The van der Waals surface area contributed by atoms with Gasteiger partial charge in [0.05, 0.1) is 17.1 Å². The average Bonchev–Trinajstić information content (AvgIpc) is 3.34. The second-order valence-corrected chi connectivity index (χ2v) is 11.0. The van der Waals surface area contributed by atoms with Gasteiger partial charge in [-0.15, -0.1) is 16.2 Å². The number of nitrogens with one attached hydrogen (secondary N) is 5. The molecule has 3 aromatic rings. The number of hydrogen-bond acceptors (Lipinski definition) is 8. The second-order valence-electron chi connectivity index (χ2n) is 7.55. The molecule has 0 fully saturated rings. The van der Waals surface area contributed by atoms with Crippen molar-refractivity contribution in [3.8, 4) is 0 Å². The number of aromatic nitrogens is 2. The number of carbonyl (C=O) groups excluding carboxylic acids is 2. The molecule has 0 saturated carbocycles. The Morgan fingerprint density at radius 1 is 1.18 bits per heavy atom. The molecule has 2 amide bonds. The average molecular weight is 593 g/mol. The number of carbonyl (C=O) groups is 2. The minimum absolute atomic E-state index is 0.0148. The molecular formula is C21H20ClF3N6O5S2. The Balaban J connectivity index is 1.42. The van der Waals surface area contributed by atoms with Crippen LogP contribution in [-0.4, -0.2) is 36.7 Å². The van der Waals surface area contributed by atoms with Crippen LogP contribution in [0, 0.1) is 0 Å². The van der Waals surface area contributed by atoms with E-state index in [4.69, 9.17) is 11.6 Å². The fourth-order valence-electron chi connectivity index (χ4n) is 2.88. The van der Waals surface area contributed by atoms with Crippen molar-refractivity contribution in [3.05, 3.63) is 74.1 Å². The number of pyridine rings is 2. The van der Waals surface area contributed by atoms with Crippen LogP contribution in [0.2, 0.25) is 5.02 Å². The number of nitrogens with zero attached hydrogens (tertiary/aromatic N) is 1. The smallest absolute Gasteiger partial charge is 0.369 e. The number of sulfonamides is 1. The molecule has 0 atom stereocenters. The normalized spacial score (nSPS) is 11.7. The molecule has 0 saturated heterocycles. The maximum atomic E-state index is 12.7. The number of anilines is 1. The number of thiophene rings is 1. The molecule has 17 heteroatoms. The van der Waals surface area contributed by atoms with Crippen molar-refractivity contribution in [1.29, 1.82) is 0 Å². The lowest BCUT2D eigenvalue weighted by Gasteiger charge is -2.11. The van der Waals surface area contributed by atoms with Crippen molar-refractivity contribution in [2.75, 3.05) is 11.9 Å². The first kappa shape index (κ1) is 29.1. The van der Waals surface area contributed by atoms with E-state index in [-0.39, 0.29) is 46.5 Å².